The minimum Gasteiger partial charge on any atom is -0.492 e. The largest absolute Gasteiger partial charge is 0.492 e. The summed E-state index contributed by atoms with van der Waals surface area (Å²) in [5, 5.41) is 3.46. The average Bonchev–Trinajstić information content (AvgIpc) is 3.10. The van der Waals surface area contributed by atoms with Crippen LogP contribution in [-0.2, 0) is 0 Å². The zero-order chi connectivity index (χ0) is 12.3. The zero-order valence-electron chi connectivity index (χ0n) is 11.1. The molecule has 1 aromatic rings. The average molecular weight is 233 g/mol. The van der Waals surface area contributed by atoms with E-state index in [2.05, 4.69) is 44.3 Å². The topological polar surface area (TPSA) is 21.3 Å². The van der Waals surface area contributed by atoms with Crippen LogP contribution in [0.15, 0.2) is 18.2 Å². The van der Waals surface area contributed by atoms with E-state index in [9.17, 15) is 0 Å². The van der Waals surface area contributed by atoms with E-state index < -0.39 is 0 Å². The standard InChI is InChI=1S/C15H23NO/c1-11(2)13-5-4-12(3)15(10-13)17-9-8-16-14-6-7-14/h4-5,10-11,14,16H,6-9H2,1-3H3. The van der Waals surface area contributed by atoms with Crippen molar-refractivity contribution in [2.24, 2.45) is 0 Å². The summed E-state index contributed by atoms with van der Waals surface area (Å²) in [5.41, 5.74) is 2.57. The highest BCUT2D eigenvalue weighted by Crippen LogP contribution is 2.24. The van der Waals surface area contributed by atoms with E-state index in [0.29, 0.717) is 5.92 Å². The van der Waals surface area contributed by atoms with Crippen molar-refractivity contribution in [3.05, 3.63) is 29.3 Å². The van der Waals surface area contributed by atoms with E-state index in [0.717, 1.165) is 24.9 Å². The summed E-state index contributed by atoms with van der Waals surface area (Å²) in [6.45, 7) is 8.24. The normalized spacial score (nSPS) is 15.3. The van der Waals surface area contributed by atoms with Gasteiger partial charge in [-0.1, -0.05) is 26.0 Å². The van der Waals surface area contributed by atoms with Crippen LogP contribution in [-0.4, -0.2) is 19.2 Å². The number of aryl methyl sites for hydroxylation is 1. The molecule has 0 atom stereocenters. The third-order valence-electron chi connectivity index (χ3n) is 3.25. The molecule has 1 aliphatic rings. The first-order chi connectivity index (χ1) is 8.16. The first-order valence-corrected chi connectivity index (χ1v) is 6.63. The maximum atomic E-state index is 5.84. The molecule has 0 heterocycles. The molecule has 1 saturated carbocycles. The molecule has 1 aromatic carbocycles. The summed E-state index contributed by atoms with van der Waals surface area (Å²) in [7, 11) is 0. The van der Waals surface area contributed by atoms with Gasteiger partial charge in [-0.15, -0.1) is 0 Å². The Labute approximate surface area is 104 Å². The van der Waals surface area contributed by atoms with E-state index >= 15 is 0 Å². The summed E-state index contributed by atoms with van der Waals surface area (Å²) in [6, 6.07) is 7.28. The second-order valence-electron chi connectivity index (χ2n) is 5.26. The van der Waals surface area contributed by atoms with Crippen molar-refractivity contribution in [2.75, 3.05) is 13.2 Å². The van der Waals surface area contributed by atoms with Gasteiger partial charge in [0.2, 0.25) is 0 Å². The number of nitrogens with one attached hydrogen (secondary N) is 1. The van der Waals surface area contributed by atoms with Gasteiger partial charge < -0.3 is 10.1 Å². The fraction of sp³-hybridized carbons (Fsp3) is 0.600. The lowest BCUT2D eigenvalue weighted by Crippen LogP contribution is -2.23. The molecular formula is C15H23NO. The molecule has 1 N–H and O–H groups in total. The zero-order valence-corrected chi connectivity index (χ0v) is 11.1. The molecule has 2 heteroatoms. The van der Waals surface area contributed by atoms with Gasteiger partial charge in [0.1, 0.15) is 12.4 Å². The van der Waals surface area contributed by atoms with E-state index in [1.807, 2.05) is 0 Å². The number of hydrogen-bond donors (Lipinski definition) is 1. The van der Waals surface area contributed by atoms with Gasteiger partial charge in [0, 0.05) is 12.6 Å². The summed E-state index contributed by atoms with van der Waals surface area (Å²) in [5.74, 6) is 1.59. The van der Waals surface area contributed by atoms with Gasteiger partial charge in [0.15, 0.2) is 0 Å². The van der Waals surface area contributed by atoms with Crippen LogP contribution in [0.2, 0.25) is 0 Å². The van der Waals surface area contributed by atoms with Crippen molar-refractivity contribution in [1.82, 2.24) is 5.32 Å². The predicted molar refractivity (Wildman–Crippen MR) is 71.8 cm³/mol. The van der Waals surface area contributed by atoms with Gasteiger partial charge in [0.05, 0.1) is 0 Å². The smallest absolute Gasteiger partial charge is 0.122 e. The quantitative estimate of drug-likeness (QED) is 0.762. The molecule has 0 saturated heterocycles. The molecule has 94 valence electrons. The van der Waals surface area contributed by atoms with Crippen molar-refractivity contribution in [1.29, 1.82) is 0 Å². The van der Waals surface area contributed by atoms with Gasteiger partial charge in [-0.05, 0) is 42.9 Å². The van der Waals surface area contributed by atoms with Crippen LogP contribution >= 0.6 is 0 Å². The summed E-state index contributed by atoms with van der Waals surface area (Å²) < 4.78 is 5.84. The van der Waals surface area contributed by atoms with Crippen LogP contribution in [0.5, 0.6) is 5.75 Å². The van der Waals surface area contributed by atoms with E-state index in [1.54, 1.807) is 0 Å². The lowest BCUT2D eigenvalue weighted by molar-refractivity contribution is 0.311. The van der Waals surface area contributed by atoms with Crippen molar-refractivity contribution >= 4 is 0 Å². The summed E-state index contributed by atoms with van der Waals surface area (Å²) in [4.78, 5) is 0. The molecular weight excluding hydrogens is 210 g/mol. The van der Waals surface area contributed by atoms with Crippen molar-refractivity contribution in [2.45, 2.75) is 45.6 Å². The highest BCUT2D eigenvalue weighted by molar-refractivity contribution is 5.37. The van der Waals surface area contributed by atoms with Crippen LogP contribution in [0.4, 0.5) is 0 Å². The summed E-state index contributed by atoms with van der Waals surface area (Å²) >= 11 is 0. The molecule has 0 bridgehead atoms. The SMILES string of the molecule is Cc1ccc(C(C)C)cc1OCCNC1CC1. The van der Waals surface area contributed by atoms with Gasteiger partial charge in [-0.3, -0.25) is 0 Å². The molecule has 0 spiro atoms. The Bertz CT molecular complexity index is 369. The number of ether oxygens (including phenoxy) is 1. The van der Waals surface area contributed by atoms with Gasteiger partial charge in [-0.25, -0.2) is 0 Å². The molecule has 0 unspecified atom stereocenters. The van der Waals surface area contributed by atoms with Crippen LogP contribution in [0.1, 0.15) is 43.7 Å². The molecule has 17 heavy (non-hydrogen) atoms. The predicted octanol–water partition coefficient (Wildman–Crippen LogP) is 3.25. The molecule has 0 amide bonds. The van der Waals surface area contributed by atoms with Crippen molar-refractivity contribution in [3.8, 4) is 5.75 Å². The molecule has 2 rings (SSSR count). The van der Waals surface area contributed by atoms with Gasteiger partial charge in [-0.2, -0.15) is 0 Å². The summed E-state index contributed by atoms with van der Waals surface area (Å²) in [6.07, 6.45) is 2.67. The van der Waals surface area contributed by atoms with Gasteiger partial charge >= 0.3 is 0 Å². The molecule has 0 radical (unpaired) electrons. The number of benzene rings is 1. The molecule has 1 fully saturated rings. The fourth-order valence-electron chi connectivity index (χ4n) is 1.84. The van der Waals surface area contributed by atoms with Crippen LogP contribution < -0.4 is 10.1 Å². The maximum Gasteiger partial charge on any atom is 0.122 e. The fourth-order valence-corrected chi connectivity index (χ4v) is 1.84. The first kappa shape index (κ1) is 12.4. The Morgan fingerprint density at radius 3 is 2.76 bits per heavy atom. The first-order valence-electron chi connectivity index (χ1n) is 6.63. The molecule has 2 nitrogen and oxygen atoms in total. The third-order valence-corrected chi connectivity index (χ3v) is 3.25. The minimum absolute atomic E-state index is 0.558. The lowest BCUT2D eigenvalue weighted by Gasteiger charge is -2.13. The van der Waals surface area contributed by atoms with Crippen molar-refractivity contribution in [3.63, 3.8) is 0 Å². The molecule has 0 aromatic heterocycles. The third kappa shape index (κ3) is 3.74. The second-order valence-corrected chi connectivity index (χ2v) is 5.26. The molecule has 1 aliphatic carbocycles. The van der Waals surface area contributed by atoms with Crippen LogP contribution in [0.25, 0.3) is 0 Å². The highest BCUT2D eigenvalue weighted by Gasteiger charge is 2.19. The second kappa shape index (κ2) is 5.54. The van der Waals surface area contributed by atoms with E-state index in [1.165, 1.54) is 24.0 Å². The monoisotopic (exact) mass is 233 g/mol. The number of rotatable bonds is 6. The highest BCUT2D eigenvalue weighted by atomic mass is 16.5. The Balaban J connectivity index is 1.86. The van der Waals surface area contributed by atoms with Crippen molar-refractivity contribution < 1.29 is 4.74 Å². The maximum absolute atomic E-state index is 5.84. The van der Waals surface area contributed by atoms with E-state index in [4.69, 9.17) is 4.74 Å². The van der Waals surface area contributed by atoms with Crippen LogP contribution in [0.3, 0.4) is 0 Å². The molecule has 0 aliphatic heterocycles. The Morgan fingerprint density at radius 1 is 1.35 bits per heavy atom. The van der Waals surface area contributed by atoms with E-state index in [-0.39, 0.29) is 0 Å². The minimum atomic E-state index is 0.558. The Hall–Kier alpha value is -1.02. The Kier molecular flexibility index (Phi) is 4.06. The Morgan fingerprint density at radius 2 is 2.12 bits per heavy atom. The van der Waals surface area contributed by atoms with Crippen LogP contribution in [0, 0.1) is 6.92 Å². The van der Waals surface area contributed by atoms with Gasteiger partial charge in [0.25, 0.3) is 0 Å². The number of hydrogen-bond acceptors (Lipinski definition) is 2. The lowest BCUT2D eigenvalue weighted by atomic mass is 10.0.